The number of hydrogen-bond acceptors (Lipinski definition) is 3. The average molecular weight is 328 g/mol. The molecule has 0 radical (unpaired) electrons. The second kappa shape index (κ2) is 11.6. The molecule has 122 valence electrons. The van der Waals surface area contributed by atoms with E-state index in [0.29, 0.717) is 6.04 Å². The number of amides is 1. The molecule has 0 aromatic heterocycles. The summed E-state index contributed by atoms with van der Waals surface area (Å²) in [5.41, 5.74) is 0. The number of nitrogens with zero attached hydrogens (tertiary/aromatic N) is 2. The fourth-order valence-corrected chi connectivity index (χ4v) is 2.73. The smallest absolute Gasteiger partial charge is 0.226 e. The van der Waals surface area contributed by atoms with Crippen molar-refractivity contribution < 1.29 is 4.79 Å². The molecule has 1 aliphatic rings. The highest BCUT2D eigenvalue weighted by atomic mass is 35.5. The molecule has 4 nitrogen and oxygen atoms in total. The van der Waals surface area contributed by atoms with Crippen molar-refractivity contribution >= 4 is 30.7 Å². The number of piperidine rings is 1. The van der Waals surface area contributed by atoms with Crippen LogP contribution in [0.1, 0.15) is 32.6 Å². The summed E-state index contributed by atoms with van der Waals surface area (Å²) in [6.07, 6.45) is 5.04. The van der Waals surface area contributed by atoms with E-state index < -0.39 is 0 Å². The Bertz CT molecular complexity index is 267. The van der Waals surface area contributed by atoms with Crippen LogP contribution in [0.15, 0.2) is 0 Å². The Morgan fingerprint density at radius 2 is 2.05 bits per heavy atom. The highest BCUT2D eigenvalue weighted by Gasteiger charge is 2.21. The van der Waals surface area contributed by atoms with Crippen LogP contribution in [0.4, 0.5) is 0 Å². The van der Waals surface area contributed by atoms with Gasteiger partial charge in [-0.2, -0.15) is 0 Å². The fourth-order valence-electron chi connectivity index (χ4n) is 2.73. The van der Waals surface area contributed by atoms with Gasteiger partial charge in [0.25, 0.3) is 0 Å². The maximum absolute atomic E-state index is 12.1. The van der Waals surface area contributed by atoms with Gasteiger partial charge in [-0.25, -0.2) is 0 Å². The summed E-state index contributed by atoms with van der Waals surface area (Å²) in [6.45, 7) is 4.83. The van der Waals surface area contributed by atoms with Crippen LogP contribution in [0.2, 0.25) is 0 Å². The lowest BCUT2D eigenvalue weighted by molar-refractivity contribution is -0.133. The molecule has 1 heterocycles. The molecule has 1 aliphatic heterocycles. The quantitative estimate of drug-likeness (QED) is 0.810. The van der Waals surface area contributed by atoms with Crippen LogP contribution in [-0.4, -0.2) is 62.5 Å². The fraction of sp³-hybridized carbons (Fsp3) is 0.929. The van der Waals surface area contributed by atoms with Crippen molar-refractivity contribution in [1.29, 1.82) is 0 Å². The summed E-state index contributed by atoms with van der Waals surface area (Å²) in [5.74, 6) is 0.326. The molecular formula is C14H31Cl2N3O. The summed E-state index contributed by atoms with van der Waals surface area (Å²) in [4.78, 5) is 16.4. The third-order valence-corrected chi connectivity index (χ3v) is 4.03. The first kappa shape index (κ1) is 22.3. The van der Waals surface area contributed by atoms with Gasteiger partial charge >= 0.3 is 0 Å². The van der Waals surface area contributed by atoms with E-state index in [1.807, 2.05) is 25.9 Å². The first-order valence-corrected chi connectivity index (χ1v) is 7.16. The van der Waals surface area contributed by atoms with Crippen molar-refractivity contribution in [2.45, 2.75) is 38.6 Å². The van der Waals surface area contributed by atoms with Gasteiger partial charge in [-0.05, 0) is 39.9 Å². The van der Waals surface area contributed by atoms with Crippen LogP contribution in [0.3, 0.4) is 0 Å². The van der Waals surface area contributed by atoms with Gasteiger partial charge < -0.3 is 15.1 Å². The van der Waals surface area contributed by atoms with E-state index >= 15 is 0 Å². The third kappa shape index (κ3) is 7.11. The van der Waals surface area contributed by atoms with Gasteiger partial charge in [-0.15, -0.1) is 24.8 Å². The Labute approximate surface area is 136 Å². The molecule has 0 aliphatic carbocycles. The lowest BCUT2D eigenvalue weighted by atomic mass is 10.00. The van der Waals surface area contributed by atoms with Crippen molar-refractivity contribution in [2.75, 3.05) is 40.8 Å². The molecule has 1 fully saturated rings. The molecule has 20 heavy (non-hydrogen) atoms. The second-order valence-corrected chi connectivity index (χ2v) is 5.64. The number of nitrogens with one attached hydrogen (secondary N) is 1. The van der Waals surface area contributed by atoms with Crippen molar-refractivity contribution in [1.82, 2.24) is 15.1 Å². The Balaban J connectivity index is 0. The molecule has 0 saturated carbocycles. The third-order valence-electron chi connectivity index (χ3n) is 4.03. The van der Waals surface area contributed by atoms with Crippen molar-refractivity contribution in [2.24, 2.45) is 5.92 Å². The maximum atomic E-state index is 12.1. The molecule has 1 rings (SSSR count). The number of halogens is 2. The highest BCUT2D eigenvalue weighted by molar-refractivity contribution is 5.85. The van der Waals surface area contributed by atoms with E-state index in [1.54, 1.807) is 0 Å². The standard InChI is InChI=1S/C14H29N3O.2ClH/c1-12(11-15-2)14(18)17(4)10-8-13-7-5-6-9-16(13)3;;/h12-13,15H,5-11H2,1-4H3;2*1H. The van der Waals surface area contributed by atoms with E-state index in [0.717, 1.165) is 19.5 Å². The van der Waals surface area contributed by atoms with E-state index in [4.69, 9.17) is 0 Å². The molecule has 2 unspecified atom stereocenters. The molecule has 1 saturated heterocycles. The molecule has 6 heteroatoms. The van der Waals surface area contributed by atoms with Crippen LogP contribution < -0.4 is 5.32 Å². The molecule has 0 bridgehead atoms. The molecule has 2 atom stereocenters. The van der Waals surface area contributed by atoms with E-state index in [9.17, 15) is 4.79 Å². The first-order valence-electron chi connectivity index (χ1n) is 7.16. The highest BCUT2D eigenvalue weighted by Crippen LogP contribution is 2.18. The predicted octanol–water partition coefficient (Wildman–Crippen LogP) is 2.02. The number of hydrogen-bond donors (Lipinski definition) is 1. The van der Waals surface area contributed by atoms with Crippen LogP contribution in [-0.2, 0) is 4.79 Å². The van der Waals surface area contributed by atoms with Gasteiger partial charge in [0.15, 0.2) is 0 Å². The van der Waals surface area contributed by atoms with E-state index in [-0.39, 0.29) is 36.6 Å². The number of carbonyl (C=O) groups excluding carboxylic acids is 1. The van der Waals surface area contributed by atoms with Gasteiger partial charge in [0.05, 0.1) is 0 Å². The summed E-state index contributed by atoms with van der Waals surface area (Å²) in [5, 5.41) is 3.06. The molecule has 1 amide bonds. The Morgan fingerprint density at radius 3 is 2.60 bits per heavy atom. The predicted molar refractivity (Wildman–Crippen MR) is 90.1 cm³/mol. The zero-order valence-electron chi connectivity index (χ0n) is 13.2. The topological polar surface area (TPSA) is 35.6 Å². The SMILES string of the molecule is CNCC(C)C(=O)N(C)CCC1CCCCN1C.Cl.Cl. The largest absolute Gasteiger partial charge is 0.345 e. The van der Waals surface area contributed by atoms with Gasteiger partial charge in [0.1, 0.15) is 0 Å². The Morgan fingerprint density at radius 1 is 1.40 bits per heavy atom. The Hall–Kier alpha value is -0.0300. The van der Waals surface area contributed by atoms with Crippen LogP contribution in [0.25, 0.3) is 0 Å². The Kier molecular flexibility index (Phi) is 12.9. The zero-order valence-corrected chi connectivity index (χ0v) is 14.9. The van der Waals surface area contributed by atoms with Crippen molar-refractivity contribution in [3.05, 3.63) is 0 Å². The summed E-state index contributed by atoms with van der Waals surface area (Å²) in [7, 11) is 6.02. The number of likely N-dealkylation sites (tertiary alicyclic amines) is 1. The minimum atomic E-state index is 0. The van der Waals surface area contributed by atoms with Crippen molar-refractivity contribution in [3.63, 3.8) is 0 Å². The molecule has 0 aromatic carbocycles. The van der Waals surface area contributed by atoms with Gasteiger partial charge in [-0.3, -0.25) is 4.79 Å². The monoisotopic (exact) mass is 327 g/mol. The molecule has 0 aromatic rings. The zero-order chi connectivity index (χ0) is 13.5. The van der Waals surface area contributed by atoms with E-state index in [2.05, 4.69) is 17.3 Å². The molecular weight excluding hydrogens is 297 g/mol. The first-order chi connectivity index (χ1) is 8.56. The number of carbonyl (C=O) groups is 1. The minimum absolute atomic E-state index is 0. The lowest BCUT2D eigenvalue weighted by Crippen LogP contribution is -2.41. The van der Waals surface area contributed by atoms with Crippen LogP contribution >= 0.6 is 24.8 Å². The van der Waals surface area contributed by atoms with Gasteiger partial charge in [-0.1, -0.05) is 13.3 Å². The maximum Gasteiger partial charge on any atom is 0.226 e. The number of rotatable bonds is 6. The van der Waals surface area contributed by atoms with E-state index in [1.165, 1.54) is 25.8 Å². The average Bonchev–Trinajstić information content (AvgIpc) is 2.36. The minimum Gasteiger partial charge on any atom is -0.345 e. The normalized spacial score (nSPS) is 20.5. The van der Waals surface area contributed by atoms with Gasteiger partial charge in [0, 0.05) is 32.1 Å². The lowest BCUT2D eigenvalue weighted by Gasteiger charge is -2.33. The summed E-state index contributed by atoms with van der Waals surface area (Å²) < 4.78 is 0. The molecule has 1 N–H and O–H groups in total. The summed E-state index contributed by atoms with van der Waals surface area (Å²) in [6, 6.07) is 0.661. The van der Waals surface area contributed by atoms with Crippen molar-refractivity contribution in [3.8, 4) is 0 Å². The van der Waals surface area contributed by atoms with Crippen LogP contribution in [0, 0.1) is 5.92 Å². The van der Waals surface area contributed by atoms with Crippen LogP contribution in [0.5, 0.6) is 0 Å². The van der Waals surface area contributed by atoms with Gasteiger partial charge in [0.2, 0.25) is 5.91 Å². The summed E-state index contributed by atoms with van der Waals surface area (Å²) >= 11 is 0. The molecule has 0 spiro atoms. The second-order valence-electron chi connectivity index (χ2n) is 5.64.